The minimum atomic E-state index is -3.66. The molecule has 1 N–H and O–H groups in total. The molecule has 1 aliphatic carbocycles. The van der Waals surface area contributed by atoms with Gasteiger partial charge < -0.3 is 4.74 Å². The minimum absolute atomic E-state index is 0.409. The molecule has 1 saturated carbocycles. The zero-order valence-corrected chi connectivity index (χ0v) is 17.8. The first kappa shape index (κ1) is 22.2. The van der Waals surface area contributed by atoms with Crippen LogP contribution in [0.15, 0.2) is 29.4 Å². The molecule has 8 heteroatoms. The van der Waals surface area contributed by atoms with Crippen LogP contribution in [0.5, 0.6) is 5.75 Å². The van der Waals surface area contributed by atoms with Gasteiger partial charge in [0.1, 0.15) is 11.8 Å². The Kier molecular flexibility index (Phi) is 8.29. The molecule has 1 amide bonds. The van der Waals surface area contributed by atoms with E-state index in [1.54, 1.807) is 31.2 Å². The van der Waals surface area contributed by atoms with E-state index in [2.05, 4.69) is 10.5 Å². The summed E-state index contributed by atoms with van der Waals surface area (Å²) in [4.78, 5) is 12.6. The zero-order chi connectivity index (χ0) is 20.6. The molecule has 1 aromatic carbocycles. The van der Waals surface area contributed by atoms with Gasteiger partial charge in [0.05, 0.1) is 18.6 Å². The number of carbonyl (C=O) groups is 1. The molecule has 1 aliphatic rings. The predicted octanol–water partition coefficient (Wildman–Crippen LogP) is 3.46. The Labute approximate surface area is 168 Å². The van der Waals surface area contributed by atoms with Crippen molar-refractivity contribution >= 4 is 27.3 Å². The first-order valence-corrected chi connectivity index (χ1v) is 11.8. The molecule has 28 heavy (non-hydrogen) atoms. The van der Waals surface area contributed by atoms with Crippen LogP contribution in [-0.2, 0) is 14.8 Å². The third-order valence-corrected chi connectivity index (χ3v) is 5.99. The molecule has 1 atom stereocenters. The normalized spacial score (nSPS) is 16.5. The summed E-state index contributed by atoms with van der Waals surface area (Å²) in [6, 6.07) is 5.73. The van der Waals surface area contributed by atoms with Gasteiger partial charge in [-0.25, -0.2) is 13.8 Å². The molecule has 7 nitrogen and oxygen atoms in total. The number of carbonyl (C=O) groups excluding carboxylic acids is 1. The van der Waals surface area contributed by atoms with Gasteiger partial charge in [0.15, 0.2) is 0 Å². The van der Waals surface area contributed by atoms with E-state index in [0.29, 0.717) is 18.0 Å². The highest BCUT2D eigenvalue weighted by atomic mass is 32.2. The summed E-state index contributed by atoms with van der Waals surface area (Å²) in [6.07, 6.45) is 8.62. The van der Waals surface area contributed by atoms with Crippen molar-refractivity contribution in [2.24, 2.45) is 5.10 Å². The first-order chi connectivity index (χ1) is 13.3. The molecule has 1 fully saturated rings. The molecule has 0 unspecified atom stereocenters. The molecule has 0 aliphatic heterocycles. The molecule has 0 aromatic heterocycles. The fraction of sp³-hybridized carbons (Fsp3) is 0.600. The SMILES string of the molecule is CCOc1ccc(N([C@@H](C)C(=O)NN=C2CCCCCCC2)S(C)(=O)=O)cc1. The molecule has 0 radical (unpaired) electrons. The standard InChI is InChI=1S/C20H31N3O4S/c1-4-27-19-14-12-18(13-15-19)23(28(3,25)26)16(2)20(24)22-21-17-10-8-6-5-7-9-11-17/h12-16H,4-11H2,1-3H3,(H,22,24)/t16-/m0/s1. The maximum absolute atomic E-state index is 12.6. The number of nitrogens with one attached hydrogen (secondary N) is 1. The lowest BCUT2D eigenvalue weighted by molar-refractivity contribution is -0.121. The van der Waals surface area contributed by atoms with E-state index in [-0.39, 0.29) is 0 Å². The highest BCUT2D eigenvalue weighted by molar-refractivity contribution is 7.92. The molecule has 2 rings (SSSR count). The average molecular weight is 410 g/mol. The zero-order valence-electron chi connectivity index (χ0n) is 17.0. The highest BCUT2D eigenvalue weighted by Gasteiger charge is 2.29. The lowest BCUT2D eigenvalue weighted by Crippen LogP contribution is -2.47. The van der Waals surface area contributed by atoms with Gasteiger partial charge in [-0.15, -0.1) is 0 Å². The van der Waals surface area contributed by atoms with Gasteiger partial charge in [-0.2, -0.15) is 5.10 Å². The van der Waals surface area contributed by atoms with Crippen molar-refractivity contribution in [3.8, 4) is 5.75 Å². The Bertz CT molecular complexity index is 765. The summed E-state index contributed by atoms with van der Waals surface area (Å²) < 4.78 is 31.2. The molecular formula is C20H31N3O4S. The van der Waals surface area contributed by atoms with Crippen molar-refractivity contribution in [3.63, 3.8) is 0 Å². The van der Waals surface area contributed by atoms with E-state index in [0.717, 1.165) is 42.0 Å². The van der Waals surface area contributed by atoms with Crippen molar-refractivity contribution < 1.29 is 17.9 Å². The van der Waals surface area contributed by atoms with Crippen molar-refractivity contribution in [2.75, 3.05) is 17.2 Å². The van der Waals surface area contributed by atoms with Crippen LogP contribution in [0.25, 0.3) is 0 Å². The second kappa shape index (κ2) is 10.5. The Morgan fingerprint density at radius 3 is 2.25 bits per heavy atom. The predicted molar refractivity (Wildman–Crippen MR) is 112 cm³/mol. The molecular weight excluding hydrogens is 378 g/mol. The molecule has 0 bridgehead atoms. The summed E-state index contributed by atoms with van der Waals surface area (Å²) in [5.74, 6) is 0.196. The monoisotopic (exact) mass is 409 g/mol. The smallest absolute Gasteiger partial charge is 0.263 e. The largest absolute Gasteiger partial charge is 0.494 e. The van der Waals surface area contributed by atoms with Crippen LogP contribution in [0.4, 0.5) is 5.69 Å². The Hall–Kier alpha value is -2.09. The maximum Gasteiger partial charge on any atom is 0.263 e. The van der Waals surface area contributed by atoms with Crippen LogP contribution in [0, 0.1) is 0 Å². The third-order valence-electron chi connectivity index (χ3n) is 4.75. The van der Waals surface area contributed by atoms with E-state index in [1.807, 2.05) is 6.92 Å². The van der Waals surface area contributed by atoms with Gasteiger partial charge in [0.25, 0.3) is 5.91 Å². The Morgan fingerprint density at radius 2 is 1.71 bits per heavy atom. The summed E-state index contributed by atoms with van der Waals surface area (Å²) in [5, 5.41) is 4.28. The molecule has 1 aromatic rings. The Morgan fingerprint density at radius 1 is 1.14 bits per heavy atom. The lowest BCUT2D eigenvalue weighted by atomic mass is 9.99. The number of hydrogen-bond donors (Lipinski definition) is 1. The first-order valence-electron chi connectivity index (χ1n) is 9.90. The minimum Gasteiger partial charge on any atom is -0.494 e. The summed E-state index contributed by atoms with van der Waals surface area (Å²) in [6.45, 7) is 3.96. The van der Waals surface area contributed by atoms with E-state index < -0.39 is 22.0 Å². The number of hydrazone groups is 1. The number of ether oxygens (including phenoxy) is 1. The van der Waals surface area contributed by atoms with Gasteiger partial charge in [0.2, 0.25) is 10.0 Å². The second-order valence-electron chi connectivity index (χ2n) is 7.08. The van der Waals surface area contributed by atoms with E-state index in [9.17, 15) is 13.2 Å². The number of anilines is 1. The van der Waals surface area contributed by atoms with Gasteiger partial charge >= 0.3 is 0 Å². The van der Waals surface area contributed by atoms with Crippen LogP contribution < -0.4 is 14.5 Å². The van der Waals surface area contributed by atoms with Crippen molar-refractivity contribution in [3.05, 3.63) is 24.3 Å². The van der Waals surface area contributed by atoms with Gasteiger partial charge in [-0.05, 0) is 63.8 Å². The van der Waals surface area contributed by atoms with Gasteiger partial charge in [-0.3, -0.25) is 9.10 Å². The second-order valence-corrected chi connectivity index (χ2v) is 8.94. The topological polar surface area (TPSA) is 88.1 Å². The van der Waals surface area contributed by atoms with Crippen LogP contribution in [0.2, 0.25) is 0 Å². The van der Waals surface area contributed by atoms with Crippen molar-refractivity contribution in [2.45, 2.75) is 64.8 Å². The maximum atomic E-state index is 12.6. The number of rotatable bonds is 7. The average Bonchev–Trinajstić information content (AvgIpc) is 2.61. The number of benzene rings is 1. The Balaban J connectivity index is 2.13. The van der Waals surface area contributed by atoms with Crippen LogP contribution >= 0.6 is 0 Å². The molecule has 0 saturated heterocycles. The highest BCUT2D eigenvalue weighted by Crippen LogP contribution is 2.24. The van der Waals surface area contributed by atoms with E-state index in [4.69, 9.17) is 4.74 Å². The quantitative estimate of drug-likeness (QED) is 0.699. The lowest BCUT2D eigenvalue weighted by Gasteiger charge is -2.27. The van der Waals surface area contributed by atoms with E-state index in [1.165, 1.54) is 19.3 Å². The number of amides is 1. The summed E-state index contributed by atoms with van der Waals surface area (Å²) in [5.41, 5.74) is 3.96. The molecule has 0 spiro atoms. The van der Waals surface area contributed by atoms with Gasteiger partial charge in [0, 0.05) is 5.71 Å². The summed E-state index contributed by atoms with van der Waals surface area (Å²) in [7, 11) is -3.66. The fourth-order valence-corrected chi connectivity index (χ4v) is 4.49. The van der Waals surface area contributed by atoms with Crippen molar-refractivity contribution in [1.29, 1.82) is 0 Å². The van der Waals surface area contributed by atoms with Crippen molar-refractivity contribution in [1.82, 2.24) is 5.43 Å². The fourth-order valence-electron chi connectivity index (χ4n) is 3.32. The van der Waals surface area contributed by atoms with Crippen LogP contribution in [0.1, 0.15) is 58.8 Å². The van der Waals surface area contributed by atoms with E-state index >= 15 is 0 Å². The summed E-state index contributed by atoms with van der Waals surface area (Å²) >= 11 is 0. The molecule has 0 heterocycles. The number of sulfonamides is 1. The van der Waals surface area contributed by atoms with Crippen LogP contribution in [0.3, 0.4) is 0 Å². The van der Waals surface area contributed by atoms with Crippen LogP contribution in [-0.4, -0.2) is 38.9 Å². The number of hydrogen-bond acceptors (Lipinski definition) is 5. The van der Waals surface area contributed by atoms with Gasteiger partial charge in [-0.1, -0.05) is 19.3 Å². The molecule has 156 valence electrons. The number of nitrogens with zero attached hydrogens (tertiary/aromatic N) is 2. The third kappa shape index (κ3) is 6.51.